The number of nitrogens with one attached hydrogen (secondary N) is 1. The molecule has 1 aliphatic carbocycles. The third kappa shape index (κ3) is 2.43. The highest BCUT2D eigenvalue weighted by Gasteiger charge is 2.49. The van der Waals surface area contributed by atoms with Crippen molar-refractivity contribution in [2.75, 3.05) is 5.75 Å². The van der Waals surface area contributed by atoms with Crippen LogP contribution in [-0.2, 0) is 15.8 Å². The van der Waals surface area contributed by atoms with Crippen molar-refractivity contribution >= 4 is 21.9 Å². The summed E-state index contributed by atoms with van der Waals surface area (Å²) in [6, 6.07) is 3.23. The highest BCUT2D eigenvalue weighted by molar-refractivity contribution is 7.85. The number of guanidine groups is 1. The van der Waals surface area contributed by atoms with Crippen molar-refractivity contribution in [1.29, 1.82) is 0 Å². The molecule has 2 aliphatic heterocycles. The highest BCUT2D eigenvalue weighted by Crippen LogP contribution is 2.37. The van der Waals surface area contributed by atoms with E-state index in [0.717, 1.165) is 37.0 Å². The quantitative estimate of drug-likeness (QED) is 0.682. The van der Waals surface area contributed by atoms with E-state index >= 15 is 0 Å². The van der Waals surface area contributed by atoms with Gasteiger partial charge in [-0.05, 0) is 37.8 Å². The van der Waals surface area contributed by atoms with Crippen molar-refractivity contribution < 1.29 is 17.4 Å². The minimum Gasteiger partial charge on any atom is -0.465 e. The standard InChI is InChI=1S/C14H17N5O4S/c15-13-16-10-5-2-1-4-9(10)12-17-14(18-19(12)13,8-24(20,21)22)11-6-3-7-23-11/h3,6-7,18H,1-2,4-5,8H2,(H2,15,16)(H,20,21,22). The fourth-order valence-electron chi connectivity index (χ4n) is 3.33. The van der Waals surface area contributed by atoms with Crippen LogP contribution in [0.3, 0.4) is 0 Å². The first-order chi connectivity index (χ1) is 11.4. The summed E-state index contributed by atoms with van der Waals surface area (Å²) in [5, 5.41) is 1.47. The Hall–Kier alpha value is -2.17. The van der Waals surface area contributed by atoms with E-state index in [0.29, 0.717) is 5.84 Å². The SMILES string of the molecule is NC1=NC2=C(CCCC2)C2=NC(CS(=O)(=O)O)(c3ccco3)NN12. The second kappa shape index (κ2) is 5.16. The van der Waals surface area contributed by atoms with Gasteiger partial charge in [0.1, 0.15) is 11.5 Å². The number of amidine groups is 1. The van der Waals surface area contributed by atoms with Gasteiger partial charge < -0.3 is 10.2 Å². The first-order valence-corrected chi connectivity index (χ1v) is 9.22. The molecule has 24 heavy (non-hydrogen) atoms. The minimum absolute atomic E-state index is 0.193. The maximum atomic E-state index is 11.6. The third-order valence-electron chi connectivity index (χ3n) is 4.31. The Morgan fingerprint density at radius 1 is 1.42 bits per heavy atom. The Morgan fingerprint density at radius 2 is 2.21 bits per heavy atom. The summed E-state index contributed by atoms with van der Waals surface area (Å²) in [7, 11) is -4.33. The number of hydrogen-bond donors (Lipinski definition) is 3. The minimum atomic E-state index is -4.33. The molecule has 1 aromatic heterocycles. The van der Waals surface area contributed by atoms with Gasteiger partial charge in [-0.1, -0.05) is 0 Å². The van der Waals surface area contributed by atoms with Crippen molar-refractivity contribution in [2.24, 2.45) is 15.7 Å². The average molecular weight is 351 g/mol. The Bertz CT molecular complexity index is 871. The molecule has 0 spiro atoms. The van der Waals surface area contributed by atoms with Crippen molar-refractivity contribution in [1.82, 2.24) is 10.4 Å². The maximum Gasteiger partial charge on any atom is 0.269 e. The van der Waals surface area contributed by atoms with Gasteiger partial charge in [-0.25, -0.2) is 15.0 Å². The van der Waals surface area contributed by atoms with Gasteiger partial charge in [-0.3, -0.25) is 4.55 Å². The molecule has 0 saturated carbocycles. The largest absolute Gasteiger partial charge is 0.465 e. The first kappa shape index (κ1) is 15.4. The van der Waals surface area contributed by atoms with Gasteiger partial charge in [0, 0.05) is 5.57 Å². The molecular weight excluding hydrogens is 334 g/mol. The Labute approximate surface area is 138 Å². The monoisotopic (exact) mass is 351 g/mol. The van der Waals surface area contributed by atoms with Crippen LogP contribution < -0.4 is 11.2 Å². The molecule has 3 aliphatic rings. The number of allylic oxidation sites excluding steroid dienone is 1. The fraction of sp³-hybridized carbons (Fsp3) is 0.429. The predicted molar refractivity (Wildman–Crippen MR) is 86.3 cm³/mol. The van der Waals surface area contributed by atoms with Crippen LogP contribution in [0.4, 0.5) is 0 Å². The normalized spacial score (nSPS) is 26.8. The van der Waals surface area contributed by atoms with Gasteiger partial charge in [0.05, 0.1) is 12.0 Å². The second-order valence-corrected chi connectivity index (χ2v) is 7.50. The molecule has 1 unspecified atom stereocenters. The molecule has 0 aromatic carbocycles. The molecule has 4 N–H and O–H groups in total. The average Bonchev–Trinajstić information content (AvgIpc) is 3.14. The molecule has 4 rings (SSSR count). The Morgan fingerprint density at radius 3 is 2.92 bits per heavy atom. The van der Waals surface area contributed by atoms with Gasteiger partial charge in [-0.2, -0.15) is 13.8 Å². The van der Waals surface area contributed by atoms with Gasteiger partial charge >= 0.3 is 0 Å². The molecule has 1 atom stereocenters. The lowest BCUT2D eigenvalue weighted by Gasteiger charge is -2.30. The van der Waals surface area contributed by atoms with Crippen LogP contribution in [0.2, 0.25) is 0 Å². The van der Waals surface area contributed by atoms with E-state index in [2.05, 4.69) is 15.4 Å². The van der Waals surface area contributed by atoms with Crippen molar-refractivity contribution in [3.8, 4) is 0 Å². The topological polar surface area (TPSA) is 134 Å². The molecule has 128 valence electrons. The van der Waals surface area contributed by atoms with E-state index in [9.17, 15) is 13.0 Å². The van der Waals surface area contributed by atoms with E-state index in [1.54, 1.807) is 12.1 Å². The summed E-state index contributed by atoms with van der Waals surface area (Å²) in [4.78, 5) is 8.99. The second-order valence-electron chi connectivity index (χ2n) is 6.05. The van der Waals surface area contributed by atoms with Crippen LogP contribution in [-0.4, -0.2) is 35.5 Å². The zero-order valence-electron chi connectivity index (χ0n) is 12.8. The van der Waals surface area contributed by atoms with Crippen LogP contribution in [0.25, 0.3) is 0 Å². The molecule has 0 saturated heterocycles. The van der Waals surface area contributed by atoms with E-state index < -0.39 is 21.5 Å². The summed E-state index contributed by atoms with van der Waals surface area (Å²) in [6.45, 7) is 0. The molecule has 1 aromatic rings. The molecule has 0 amide bonds. The molecule has 0 bridgehead atoms. The molecular formula is C14H17N5O4S. The van der Waals surface area contributed by atoms with Crippen molar-refractivity contribution in [3.05, 3.63) is 35.4 Å². The number of rotatable bonds is 3. The number of fused-ring (bicyclic) bond motifs is 2. The molecule has 10 heteroatoms. The number of nitrogens with zero attached hydrogens (tertiary/aromatic N) is 3. The van der Waals surface area contributed by atoms with Crippen molar-refractivity contribution in [3.63, 3.8) is 0 Å². The van der Waals surface area contributed by atoms with Crippen molar-refractivity contribution in [2.45, 2.75) is 31.3 Å². The number of furan rings is 1. The Kier molecular flexibility index (Phi) is 3.31. The first-order valence-electron chi connectivity index (χ1n) is 7.61. The summed E-state index contributed by atoms with van der Waals surface area (Å²) < 4.78 is 37.9. The van der Waals surface area contributed by atoms with Gasteiger partial charge in [0.2, 0.25) is 11.6 Å². The molecule has 3 heterocycles. The third-order valence-corrected chi connectivity index (χ3v) is 5.10. The number of aliphatic imine (C=N–C) groups is 2. The maximum absolute atomic E-state index is 11.6. The van der Waals surface area contributed by atoms with Crippen LogP contribution >= 0.6 is 0 Å². The lowest BCUT2D eigenvalue weighted by molar-refractivity contribution is 0.256. The van der Waals surface area contributed by atoms with Gasteiger partial charge in [0.15, 0.2) is 5.84 Å². The summed E-state index contributed by atoms with van der Waals surface area (Å²) >= 11 is 0. The van der Waals surface area contributed by atoms with Crippen LogP contribution in [0.5, 0.6) is 0 Å². The zero-order chi connectivity index (χ0) is 16.9. The number of hydrogen-bond acceptors (Lipinski definition) is 8. The van der Waals surface area contributed by atoms with Crippen LogP contribution in [0.1, 0.15) is 31.4 Å². The Balaban J connectivity index is 1.86. The molecule has 0 fully saturated rings. The fourth-order valence-corrected chi connectivity index (χ4v) is 4.13. The summed E-state index contributed by atoms with van der Waals surface area (Å²) in [5.74, 6) is 0.326. The molecule has 9 nitrogen and oxygen atoms in total. The molecule has 0 radical (unpaired) electrons. The lowest BCUT2D eigenvalue weighted by atomic mass is 9.94. The smallest absolute Gasteiger partial charge is 0.269 e. The highest BCUT2D eigenvalue weighted by atomic mass is 32.2. The number of nitrogens with two attached hydrogens (primary N) is 1. The predicted octanol–water partition coefficient (Wildman–Crippen LogP) is 0.695. The van der Waals surface area contributed by atoms with E-state index in [-0.39, 0.29) is 11.7 Å². The van der Waals surface area contributed by atoms with Gasteiger partial charge in [0.25, 0.3) is 10.1 Å². The van der Waals surface area contributed by atoms with Gasteiger partial charge in [-0.15, -0.1) is 0 Å². The van der Waals surface area contributed by atoms with E-state index in [1.807, 2.05) is 0 Å². The lowest BCUT2D eigenvalue weighted by Crippen LogP contribution is -2.55. The van der Waals surface area contributed by atoms with E-state index in [1.165, 1.54) is 11.3 Å². The van der Waals surface area contributed by atoms with Crippen LogP contribution in [0, 0.1) is 0 Å². The number of hydrazine groups is 1. The summed E-state index contributed by atoms with van der Waals surface area (Å²) in [5.41, 5.74) is 9.33. The van der Waals surface area contributed by atoms with Crippen LogP contribution in [0.15, 0.2) is 44.1 Å². The zero-order valence-corrected chi connectivity index (χ0v) is 13.6. The summed E-state index contributed by atoms with van der Waals surface area (Å²) in [6.07, 6.45) is 5.07. The van der Waals surface area contributed by atoms with E-state index in [4.69, 9.17) is 10.2 Å².